The van der Waals surface area contributed by atoms with Gasteiger partial charge in [-0.2, -0.15) is 0 Å². The van der Waals surface area contributed by atoms with Crippen LogP contribution in [0, 0.1) is 13.8 Å². The topological polar surface area (TPSA) is 4.93 Å². The number of benzene rings is 1. The zero-order valence-corrected chi connectivity index (χ0v) is 15.9. The minimum atomic E-state index is -0.142. The summed E-state index contributed by atoms with van der Waals surface area (Å²) in [7, 11) is -0.142. The summed E-state index contributed by atoms with van der Waals surface area (Å²) in [6.45, 7) is 8.99. The third kappa shape index (κ3) is 2.62. The van der Waals surface area contributed by atoms with E-state index in [1.54, 1.807) is 0 Å². The van der Waals surface area contributed by atoms with Gasteiger partial charge in [0.1, 0.15) is 4.83 Å². The van der Waals surface area contributed by atoms with Gasteiger partial charge in [-0.3, -0.25) is 0 Å². The molecule has 0 aliphatic rings. The fourth-order valence-corrected chi connectivity index (χ4v) is 5.95. The standard InChI is InChI=1S/C18H21ClNPS/c1-5-21(4)20-13(3)16(15-9-10-22-18(15)20)11-14-8-6-7-12(2)17(14)19/h6-10H,5,11H2,1-4H3. The van der Waals surface area contributed by atoms with Crippen LogP contribution in [0.5, 0.6) is 0 Å². The highest BCUT2D eigenvalue weighted by Gasteiger charge is 2.19. The zero-order valence-electron chi connectivity index (χ0n) is 13.5. The van der Waals surface area contributed by atoms with Crippen LogP contribution in [-0.4, -0.2) is 17.2 Å². The first kappa shape index (κ1) is 16.1. The lowest BCUT2D eigenvalue weighted by molar-refractivity contribution is 1.10. The summed E-state index contributed by atoms with van der Waals surface area (Å²) in [5.41, 5.74) is 5.23. The van der Waals surface area contributed by atoms with Crippen LogP contribution >= 0.6 is 31.0 Å². The monoisotopic (exact) mass is 349 g/mol. The molecule has 1 aromatic carbocycles. The summed E-state index contributed by atoms with van der Waals surface area (Å²) in [4.78, 5) is 1.42. The predicted molar refractivity (Wildman–Crippen MR) is 102 cm³/mol. The van der Waals surface area contributed by atoms with E-state index < -0.39 is 0 Å². The van der Waals surface area contributed by atoms with Gasteiger partial charge < -0.3 is 4.34 Å². The molecule has 1 unspecified atom stereocenters. The molecule has 3 rings (SSSR count). The highest BCUT2D eigenvalue weighted by molar-refractivity contribution is 7.55. The summed E-state index contributed by atoms with van der Waals surface area (Å²) in [5, 5.41) is 4.52. The fourth-order valence-electron chi connectivity index (χ4n) is 2.98. The molecule has 2 aromatic heterocycles. The van der Waals surface area contributed by atoms with E-state index >= 15 is 0 Å². The van der Waals surface area contributed by atoms with Gasteiger partial charge in [-0.15, -0.1) is 11.3 Å². The maximum Gasteiger partial charge on any atom is 0.106 e. The third-order valence-electron chi connectivity index (χ3n) is 4.35. The number of thiophene rings is 1. The first-order valence-electron chi connectivity index (χ1n) is 7.57. The predicted octanol–water partition coefficient (Wildman–Crippen LogP) is 6.46. The minimum Gasteiger partial charge on any atom is -0.315 e. The molecule has 0 spiro atoms. The van der Waals surface area contributed by atoms with E-state index in [2.05, 4.69) is 61.4 Å². The van der Waals surface area contributed by atoms with Crippen LogP contribution < -0.4 is 0 Å². The molecule has 0 fully saturated rings. The lowest BCUT2D eigenvalue weighted by Gasteiger charge is -2.15. The van der Waals surface area contributed by atoms with Crippen LogP contribution in [0.15, 0.2) is 29.6 Å². The highest BCUT2D eigenvalue weighted by Crippen LogP contribution is 2.43. The van der Waals surface area contributed by atoms with Crippen molar-refractivity contribution < 1.29 is 0 Å². The third-order valence-corrected chi connectivity index (χ3v) is 8.03. The molecular formula is C18H21ClNPS. The molecule has 1 atom stereocenters. The average molecular weight is 350 g/mol. The Morgan fingerprint density at radius 3 is 2.73 bits per heavy atom. The molecule has 0 bridgehead atoms. The zero-order chi connectivity index (χ0) is 15.9. The molecular weight excluding hydrogens is 329 g/mol. The van der Waals surface area contributed by atoms with Crippen molar-refractivity contribution >= 4 is 41.2 Å². The van der Waals surface area contributed by atoms with E-state index in [9.17, 15) is 0 Å². The van der Waals surface area contributed by atoms with Crippen LogP contribution in [0.25, 0.3) is 10.2 Å². The van der Waals surface area contributed by atoms with Gasteiger partial charge in [0.15, 0.2) is 0 Å². The van der Waals surface area contributed by atoms with Gasteiger partial charge in [0.25, 0.3) is 0 Å². The molecule has 0 amide bonds. The Kier molecular flexibility index (Phi) is 4.64. The van der Waals surface area contributed by atoms with Gasteiger partial charge in [0, 0.05) is 22.5 Å². The summed E-state index contributed by atoms with van der Waals surface area (Å²) in [5.74, 6) is 0. The number of nitrogens with zero attached hydrogens (tertiary/aromatic N) is 1. The van der Waals surface area contributed by atoms with E-state index in [0.717, 1.165) is 17.0 Å². The summed E-state index contributed by atoms with van der Waals surface area (Å²) in [6.07, 6.45) is 2.13. The molecule has 0 aliphatic carbocycles. The van der Waals surface area contributed by atoms with E-state index in [1.165, 1.54) is 33.2 Å². The summed E-state index contributed by atoms with van der Waals surface area (Å²) in [6, 6.07) is 8.60. The van der Waals surface area contributed by atoms with Gasteiger partial charge in [-0.25, -0.2) is 0 Å². The lowest BCUT2D eigenvalue weighted by atomic mass is 10.0. The van der Waals surface area contributed by atoms with Gasteiger partial charge in [0.2, 0.25) is 0 Å². The molecule has 0 saturated heterocycles. The van der Waals surface area contributed by atoms with Crippen LogP contribution in [-0.2, 0) is 6.42 Å². The Balaban J connectivity index is 2.13. The molecule has 0 aliphatic heterocycles. The maximum atomic E-state index is 6.52. The molecule has 0 N–H and O–H groups in total. The first-order chi connectivity index (χ1) is 10.5. The second-order valence-electron chi connectivity index (χ2n) is 5.71. The van der Waals surface area contributed by atoms with Gasteiger partial charge in [-0.1, -0.05) is 36.7 Å². The van der Waals surface area contributed by atoms with Crippen molar-refractivity contribution in [3.8, 4) is 0 Å². The van der Waals surface area contributed by atoms with Crippen molar-refractivity contribution in [1.82, 2.24) is 4.34 Å². The quantitative estimate of drug-likeness (QED) is 0.476. The van der Waals surface area contributed by atoms with Crippen LogP contribution in [0.3, 0.4) is 0 Å². The number of aryl methyl sites for hydroxylation is 1. The van der Waals surface area contributed by atoms with Crippen LogP contribution in [0.4, 0.5) is 0 Å². The molecule has 2 heterocycles. The smallest absolute Gasteiger partial charge is 0.106 e. The Morgan fingerprint density at radius 1 is 1.23 bits per heavy atom. The second kappa shape index (κ2) is 6.35. The summed E-state index contributed by atoms with van der Waals surface area (Å²) < 4.78 is 2.56. The first-order valence-corrected chi connectivity index (χ1v) is 10.8. The fraction of sp³-hybridized carbons (Fsp3) is 0.333. The molecule has 0 radical (unpaired) electrons. The number of aromatic nitrogens is 1. The minimum absolute atomic E-state index is 0.142. The Hall–Kier alpha value is -0.820. The molecule has 0 saturated carbocycles. The SMILES string of the molecule is CCP(C)n1c(C)c(Cc2cccc(C)c2Cl)c2ccsc21. The van der Waals surface area contributed by atoms with E-state index in [1.807, 2.05) is 11.3 Å². The Labute approximate surface area is 142 Å². The highest BCUT2D eigenvalue weighted by atomic mass is 35.5. The van der Waals surface area contributed by atoms with E-state index in [-0.39, 0.29) is 8.07 Å². The normalized spacial score (nSPS) is 13.0. The van der Waals surface area contributed by atoms with Gasteiger partial charge in [0.05, 0.1) is 0 Å². The van der Waals surface area contributed by atoms with E-state index in [0.29, 0.717) is 0 Å². The number of halogens is 1. The van der Waals surface area contributed by atoms with Crippen molar-refractivity contribution in [2.45, 2.75) is 27.2 Å². The summed E-state index contributed by atoms with van der Waals surface area (Å²) >= 11 is 8.37. The lowest BCUT2D eigenvalue weighted by Crippen LogP contribution is -1.97. The second-order valence-corrected chi connectivity index (χ2v) is 9.33. The number of fused-ring (bicyclic) bond motifs is 1. The molecule has 1 nitrogen and oxygen atoms in total. The average Bonchev–Trinajstić information content (AvgIpc) is 3.05. The maximum absolute atomic E-state index is 6.52. The van der Waals surface area contributed by atoms with Crippen LogP contribution in [0.2, 0.25) is 5.02 Å². The van der Waals surface area contributed by atoms with Gasteiger partial charge in [-0.05, 0) is 62.9 Å². The number of rotatable bonds is 4. The van der Waals surface area contributed by atoms with Crippen molar-refractivity contribution in [3.05, 3.63) is 57.1 Å². The molecule has 4 heteroatoms. The Morgan fingerprint density at radius 2 is 2.00 bits per heavy atom. The molecule has 116 valence electrons. The largest absolute Gasteiger partial charge is 0.315 e. The van der Waals surface area contributed by atoms with Crippen molar-refractivity contribution in [1.29, 1.82) is 0 Å². The number of hydrogen-bond acceptors (Lipinski definition) is 1. The molecule has 3 aromatic rings. The van der Waals surface area contributed by atoms with Crippen molar-refractivity contribution in [3.63, 3.8) is 0 Å². The Bertz CT molecular complexity index is 818. The number of hydrogen-bond donors (Lipinski definition) is 0. The van der Waals surface area contributed by atoms with Gasteiger partial charge >= 0.3 is 0 Å². The van der Waals surface area contributed by atoms with Crippen molar-refractivity contribution in [2.75, 3.05) is 12.8 Å². The van der Waals surface area contributed by atoms with Crippen LogP contribution in [0.1, 0.15) is 29.3 Å². The molecule has 22 heavy (non-hydrogen) atoms. The van der Waals surface area contributed by atoms with Crippen molar-refractivity contribution in [2.24, 2.45) is 0 Å². The van der Waals surface area contributed by atoms with E-state index in [4.69, 9.17) is 11.6 Å².